The lowest BCUT2D eigenvalue weighted by Crippen LogP contribution is -2.43. The summed E-state index contributed by atoms with van der Waals surface area (Å²) in [6, 6.07) is 6.58. The molecule has 1 heterocycles. The number of nitrogens with one attached hydrogen (secondary N) is 1. The second-order valence-corrected chi connectivity index (χ2v) is 4.83. The quantitative estimate of drug-likeness (QED) is 0.868. The molecule has 0 spiro atoms. The number of carbonyl (C=O) groups excluding carboxylic acids is 1. The molecule has 0 aromatic heterocycles. The Bertz CT molecular complexity index is 491. The van der Waals surface area contributed by atoms with E-state index in [0.717, 1.165) is 0 Å². The van der Waals surface area contributed by atoms with Crippen LogP contribution in [-0.4, -0.2) is 36.2 Å². The van der Waals surface area contributed by atoms with Crippen molar-refractivity contribution in [1.29, 1.82) is 0 Å². The zero-order valence-corrected chi connectivity index (χ0v) is 10.9. The van der Waals surface area contributed by atoms with Crippen LogP contribution in [0.2, 0.25) is 5.02 Å². The molecule has 1 aromatic carbocycles. The van der Waals surface area contributed by atoms with E-state index in [-0.39, 0.29) is 25.5 Å². The normalized spacial score (nSPS) is 22.2. The molecule has 1 aliphatic rings. The number of amides is 1. The summed E-state index contributed by atoms with van der Waals surface area (Å²) in [6.07, 6.45) is 0.127. The number of aliphatic carboxylic acids is 1. The fraction of sp³-hybridized carbons (Fsp3) is 0.385. The van der Waals surface area contributed by atoms with Crippen LogP contribution in [0.4, 0.5) is 0 Å². The number of hydrogen-bond acceptors (Lipinski definition) is 3. The van der Waals surface area contributed by atoms with Gasteiger partial charge in [0.25, 0.3) is 0 Å². The van der Waals surface area contributed by atoms with Crippen LogP contribution in [-0.2, 0) is 20.7 Å². The smallest absolute Gasteiger partial charge is 0.311 e. The van der Waals surface area contributed by atoms with Gasteiger partial charge < -0.3 is 15.2 Å². The Morgan fingerprint density at radius 2 is 2.11 bits per heavy atom. The maximum atomic E-state index is 11.9. The summed E-state index contributed by atoms with van der Waals surface area (Å²) in [5, 5.41) is 12.2. The summed E-state index contributed by atoms with van der Waals surface area (Å²) < 4.78 is 5.08. The minimum atomic E-state index is -0.958. The number of halogens is 1. The van der Waals surface area contributed by atoms with Gasteiger partial charge in [0.2, 0.25) is 5.91 Å². The summed E-state index contributed by atoms with van der Waals surface area (Å²) in [5.74, 6) is -1.90. The average Bonchev–Trinajstić information content (AvgIpc) is 2.80. The van der Waals surface area contributed by atoms with E-state index in [9.17, 15) is 9.59 Å². The van der Waals surface area contributed by atoms with Crippen LogP contribution in [0.1, 0.15) is 5.56 Å². The predicted octanol–water partition coefficient (Wildman–Crippen LogP) is 1.10. The predicted molar refractivity (Wildman–Crippen MR) is 69.0 cm³/mol. The number of rotatable bonds is 4. The molecule has 5 nitrogen and oxygen atoms in total. The largest absolute Gasteiger partial charge is 0.481 e. The summed E-state index contributed by atoms with van der Waals surface area (Å²) in [7, 11) is 0. The second-order valence-electron chi connectivity index (χ2n) is 4.42. The van der Waals surface area contributed by atoms with E-state index >= 15 is 0 Å². The Morgan fingerprint density at radius 3 is 2.79 bits per heavy atom. The third-order valence-corrected chi connectivity index (χ3v) is 3.42. The minimum Gasteiger partial charge on any atom is -0.481 e. The summed E-state index contributed by atoms with van der Waals surface area (Å²) in [4.78, 5) is 22.8. The summed E-state index contributed by atoms with van der Waals surface area (Å²) in [6.45, 7) is 0.359. The fourth-order valence-electron chi connectivity index (χ4n) is 2.01. The van der Waals surface area contributed by atoms with Gasteiger partial charge in [-0.05, 0) is 11.6 Å². The van der Waals surface area contributed by atoms with Gasteiger partial charge in [0.15, 0.2) is 0 Å². The molecule has 1 aliphatic heterocycles. The van der Waals surface area contributed by atoms with E-state index < -0.39 is 17.9 Å². The Morgan fingerprint density at radius 1 is 1.37 bits per heavy atom. The van der Waals surface area contributed by atoms with E-state index in [2.05, 4.69) is 5.32 Å². The number of hydrogen-bond donors (Lipinski definition) is 2. The van der Waals surface area contributed by atoms with Crippen molar-refractivity contribution in [2.45, 2.75) is 12.5 Å². The van der Waals surface area contributed by atoms with E-state index in [4.69, 9.17) is 21.4 Å². The number of carboxylic acid groups (broad SMARTS) is 1. The van der Waals surface area contributed by atoms with E-state index in [1.54, 1.807) is 24.3 Å². The van der Waals surface area contributed by atoms with Gasteiger partial charge in [-0.3, -0.25) is 9.59 Å². The molecule has 2 rings (SSSR count). The summed E-state index contributed by atoms with van der Waals surface area (Å²) >= 11 is 5.97. The van der Waals surface area contributed by atoms with Crippen LogP contribution in [0, 0.1) is 5.92 Å². The van der Waals surface area contributed by atoms with Crippen molar-refractivity contribution in [3.8, 4) is 0 Å². The van der Waals surface area contributed by atoms with Gasteiger partial charge in [-0.1, -0.05) is 29.8 Å². The van der Waals surface area contributed by atoms with Gasteiger partial charge in [0.1, 0.15) is 5.92 Å². The van der Waals surface area contributed by atoms with Gasteiger partial charge in [-0.15, -0.1) is 0 Å². The van der Waals surface area contributed by atoms with Crippen LogP contribution >= 0.6 is 11.6 Å². The Hall–Kier alpha value is -1.59. The van der Waals surface area contributed by atoms with Crippen LogP contribution < -0.4 is 5.32 Å². The second kappa shape index (κ2) is 6.04. The van der Waals surface area contributed by atoms with E-state index in [0.29, 0.717) is 10.6 Å². The lowest BCUT2D eigenvalue weighted by atomic mass is 10.0. The van der Waals surface area contributed by atoms with Crippen molar-refractivity contribution in [2.24, 2.45) is 5.92 Å². The highest BCUT2D eigenvalue weighted by Gasteiger charge is 2.34. The molecule has 0 aliphatic carbocycles. The first kappa shape index (κ1) is 13.8. The van der Waals surface area contributed by atoms with Crippen LogP contribution in [0.5, 0.6) is 0 Å². The SMILES string of the molecule is O=C(Cc1ccccc1Cl)NC1COCC1C(=O)O. The highest BCUT2D eigenvalue weighted by Crippen LogP contribution is 2.17. The first-order valence-corrected chi connectivity index (χ1v) is 6.29. The molecule has 1 amide bonds. The Labute approximate surface area is 115 Å². The molecule has 1 aromatic rings. The zero-order valence-electron chi connectivity index (χ0n) is 10.1. The van der Waals surface area contributed by atoms with Gasteiger partial charge in [-0.25, -0.2) is 0 Å². The molecule has 0 radical (unpaired) electrons. The molecule has 19 heavy (non-hydrogen) atoms. The molecule has 2 N–H and O–H groups in total. The maximum absolute atomic E-state index is 11.9. The number of benzene rings is 1. The topological polar surface area (TPSA) is 75.6 Å². The van der Waals surface area contributed by atoms with Gasteiger partial charge in [0.05, 0.1) is 25.7 Å². The number of ether oxygens (including phenoxy) is 1. The van der Waals surface area contributed by atoms with Gasteiger partial charge in [-0.2, -0.15) is 0 Å². The molecule has 102 valence electrons. The molecule has 1 fully saturated rings. The van der Waals surface area contributed by atoms with Crippen molar-refractivity contribution in [3.63, 3.8) is 0 Å². The molecule has 6 heteroatoms. The molecular formula is C13H14ClNO4. The van der Waals surface area contributed by atoms with Crippen molar-refractivity contribution in [1.82, 2.24) is 5.32 Å². The third-order valence-electron chi connectivity index (χ3n) is 3.05. The van der Waals surface area contributed by atoms with Crippen molar-refractivity contribution >= 4 is 23.5 Å². The first-order chi connectivity index (χ1) is 9.08. The van der Waals surface area contributed by atoms with Crippen LogP contribution in [0.15, 0.2) is 24.3 Å². The summed E-state index contributed by atoms with van der Waals surface area (Å²) in [5.41, 5.74) is 0.715. The Balaban J connectivity index is 1.95. The van der Waals surface area contributed by atoms with Crippen molar-refractivity contribution < 1.29 is 19.4 Å². The molecular weight excluding hydrogens is 270 g/mol. The number of carboxylic acids is 1. The monoisotopic (exact) mass is 283 g/mol. The third kappa shape index (κ3) is 3.45. The minimum absolute atomic E-state index is 0.127. The van der Waals surface area contributed by atoms with Gasteiger partial charge in [0, 0.05) is 5.02 Å². The number of carbonyl (C=O) groups is 2. The van der Waals surface area contributed by atoms with Crippen LogP contribution in [0.25, 0.3) is 0 Å². The molecule has 0 saturated carbocycles. The average molecular weight is 284 g/mol. The van der Waals surface area contributed by atoms with Gasteiger partial charge >= 0.3 is 5.97 Å². The lowest BCUT2D eigenvalue weighted by molar-refractivity contribution is -0.142. The highest BCUT2D eigenvalue weighted by atomic mass is 35.5. The van der Waals surface area contributed by atoms with Crippen molar-refractivity contribution in [2.75, 3.05) is 13.2 Å². The fourth-order valence-corrected chi connectivity index (χ4v) is 2.22. The molecule has 0 bridgehead atoms. The Kier molecular flexibility index (Phi) is 4.39. The molecule has 2 atom stereocenters. The maximum Gasteiger partial charge on any atom is 0.311 e. The van der Waals surface area contributed by atoms with Crippen LogP contribution in [0.3, 0.4) is 0 Å². The zero-order chi connectivity index (χ0) is 13.8. The lowest BCUT2D eigenvalue weighted by Gasteiger charge is -2.15. The van der Waals surface area contributed by atoms with Crippen molar-refractivity contribution in [3.05, 3.63) is 34.9 Å². The molecule has 1 saturated heterocycles. The highest BCUT2D eigenvalue weighted by molar-refractivity contribution is 6.31. The standard InChI is InChI=1S/C13H14ClNO4/c14-10-4-2-1-3-8(10)5-12(16)15-11-7-19-6-9(11)13(17)18/h1-4,9,11H,5-7H2,(H,15,16)(H,17,18). The molecule has 2 unspecified atom stereocenters. The first-order valence-electron chi connectivity index (χ1n) is 5.91. The van der Waals surface area contributed by atoms with E-state index in [1.165, 1.54) is 0 Å². The van der Waals surface area contributed by atoms with E-state index in [1.807, 2.05) is 0 Å².